The van der Waals surface area contributed by atoms with Crippen LogP contribution in [0.15, 0.2) is 24.5 Å². The molecule has 2 aromatic rings. The van der Waals surface area contributed by atoms with Crippen molar-refractivity contribution in [2.24, 2.45) is 0 Å². The highest BCUT2D eigenvalue weighted by Crippen LogP contribution is 2.20. The van der Waals surface area contributed by atoms with E-state index in [1.807, 2.05) is 6.92 Å². The van der Waals surface area contributed by atoms with Crippen LogP contribution >= 0.6 is 0 Å². The molecule has 0 radical (unpaired) electrons. The van der Waals surface area contributed by atoms with Crippen molar-refractivity contribution in [2.45, 2.75) is 19.9 Å². The van der Waals surface area contributed by atoms with E-state index in [4.69, 9.17) is 0 Å². The quantitative estimate of drug-likeness (QED) is 0.637. The second-order valence-corrected chi connectivity index (χ2v) is 3.90. The van der Waals surface area contributed by atoms with Gasteiger partial charge in [-0.2, -0.15) is 0 Å². The lowest BCUT2D eigenvalue weighted by atomic mass is 10.3. The van der Waals surface area contributed by atoms with Crippen molar-refractivity contribution in [3.63, 3.8) is 0 Å². The number of hydrogen-bond donors (Lipinski definition) is 2. The normalized spacial score (nSPS) is 12.1. The fraction of sp³-hybridized carbons (Fsp3) is 0.273. The van der Waals surface area contributed by atoms with E-state index in [1.165, 1.54) is 6.07 Å². The Labute approximate surface area is 103 Å². The van der Waals surface area contributed by atoms with Crippen LogP contribution in [0.1, 0.15) is 24.5 Å². The number of nitro groups is 1. The van der Waals surface area contributed by atoms with Gasteiger partial charge in [-0.1, -0.05) is 0 Å². The van der Waals surface area contributed by atoms with E-state index in [2.05, 4.69) is 20.3 Å². The molecule has 2 aromatic heterocycles. The second kappa shape index (κ2) is 4.82. The molecule has 1 atom stereocenters. The molecule has 0 saturated heterocycles. The molecular weight excluding hydrogens is 234 g/mol. The Morgan fingerprint density at radius 1 is 1.50 bits per heavy atom. The zero-order valence-corrected chi connectivity index (χ0v) is 10.0. The van der Waals surface area contributed by atoms with E-state index in [9.17, 15) is 10.1 Å². The lowest BCUT2D eigenvalue weighted by Gasteiger charge is -2.12. The van der Waals surface area contributed by atoms with Crippen molar-refractivity contribution in [2.75, 3.05) is 5.32 Å². The lowest BCUT2D eigenvalue weighted by Crippen LogP contribution is -2.10. The average Bonchev–Trinajstić information content (AvgIpc) is 2.81. The van der Waals surface area contributed by atoms with Gasteiger partial charge in [0.15, 0.2) is 0 Å². The summed E-state index contributed by atoms with van der Waals surface area (Å²) in [7, 11) is 0. The van der Waals surface area contributed by atoms with E-state index in [0.717, 1.165) is 5.82 Å². The predicted octanol–water partition coefficient (Wildman–Crippen LogP) is 2.19. The van der Waals surface area contributed by atoms with Crippen LogP contribution in [0.3, 0.4) is 0 Å². The Morgan fingerprint density at radius 2 is 2.28 bits per heavy atom. The van der Waals surface area contributed by atoms with Gasteiger partial charge in [0.2, 0.25) is 0 Å². The highest BCUT2D eigenvalue weighted by Gasteiger charge is 2.13. The van der Waals surface area contributed by atoms with E-state index in [-0.39, 0.29) is 11.7 Å². The standard InChI is InChI=1S/C11H13N5O2/c1-7-9(16(17)18)3-4-10(14-7)15-8(2)11-12-5-6-13-11/h3-6,8H,1-2H3,(H,12,13)(H,14,15). The molecule has 2 heterocycles. The van der Waals surface area contributed by atoms with Gasteiger partial charge in [-0.15, -0.1) is 0 Å². The van der Waals surface area contributed by atoms with Crippen molar-refractivity contribution in [3.8, 4) is 0 Å². The van der Waals surface area contributed by atoms with Crippen molar-refractivity contribution < 1.29 is 4.92 Å². The zero-order valence-electron chi connectivity index (χ0n) is 10.0. The van der Waals surface area contributed by atoms with Crippen LogP contribution in [-0.4, -0.2) is 19.9 Å². The number of imidazole rings is 1. The maximum Gasteiger partial charge on any atom is 0.290 e. The highest BCUT2D eigenvalue weighted by atomic mass is 16.6. The fourth-order valence-electron chi connectivity index (χ4n) is 1.63. The number of H-pyrrole nitrogens is 1. The number of nitrogens with one attached hydrogen (secondary N) is 2. The summed E-state index contributed by atoms with van der Waals surface area (Å²) in [6, 6.07) is 2.98. The minimum absolute atomic E-state index is 0.0196. The van der Waals surface area contributed by atoms with Crippen LogP contribution in [0.5, 0.6) is 0 Å². The van der Waals surface area contributed by atoms with Crippen LogP contribution in [0, 0.1) is 17.0 Å². The summed E-state index contributed by atoms with van der Waals surface area (Å²) >= 11 is 0. The summed E-state index contributed by atoms with van der Waals surface area (Å²) < 4.78 is 0. The lowest BCUT2D eigenvalue weighted by molar-refractivity contribution is -0.385. The molecule has 0 aliphatic heterocycles. The molecule has 0 spiro atoms. The molecule has 0 aliphatic rings. The van der Waals surface area contributed by atoms with Crippen molar-refractivity contribution in [1.82, 2.24) is 15.0 Å². The van der Waals surface area contributed by atoms with Gasteiger partial charge in [0.05, 0.1) is 11.0 Å². The summed E-state index contributed by atoms with van der Waals surface area (Å²) in [6.45, 7) is 3.54. The molecule has 1 unspecified atom stereocenters. The van der Waals surface area contributed by atoms with Crippen LogP contribution in [-0.2, 0) is 0 Å². The summed E-state index contributed by atoms with van der Waals surface area (Å²) in [5, 5.41) is 13.8. The van der Waals surface area contributed by atoms with Gasteiger partial charge in [-0.05, 0) is 19.9 Å². The number of hydrogen-bond acceptors (Lipinski definition) is 5. The number of aryl methyl sites for hydroxylation is 1. The predicted molar refractivity (Wildman–Crippen MR) is 66.3 cm³/mol. The SMILES string of the molecule is Cc1nc(NC(C)c2ncc[nH]2)ccc1[N+](=O)[O-]. The molecule has 2 N–H and O–H groups in total. The minimum Gasteiger partial charge on any atom is -0.360 e. The smallest absolute Gasteiger partial charge is 0.290 e. The van der Waals surface area contributed by atoms with Gasteiger partial charge < -0.3 is 10.3 Å². The minimum atomic E-state index is -0.442. The van der Waals surface area contributed by atoms with Gasteiger partial charge in [-0.3, -0.25) is 10.1 Å². The third-order valence-corrected chi connectivity index (χ3v) is 2.55. The summed E-state index contributed by atoms with van der Waals surface area (Å²) in [5.74, 6) is 1.37. The molecular formula is C11H13N5O2. The Morgan fingerprint density at radius 3 is 2.83 bits per heavy atom. The van der Waals surface area contributed by atoms with Crippen LogP contribution in [0.25, 0.3) is 0 Å². The van der Waals surface area contributed by atoms with Gasteiger partial charge in [0.25, 0.3) is 5.69 Å². The second-order valence-electron chi connectivity index (χ2n) is 3.90. The van der Waals surface area contributed by atoms with Gasteiger partial charge >= 0.3 is 0 Å². The molecule has 18 heavy (non-hydrogen) atoms. The first kappa shape index (κ1) is 12.0. The Bertz CT molecular complexity index is 553. The number of aromatic amines is 1. The van der Waals surface area contributed by atoms with Gasteiger partial charge in [-0.25, -0.2) is 9.97 Å². The number of rotatable bonds is 4. The topological polar surface area (TPSA) is 96.7 Å². The average molecular weight is 247 g/mol. The van der Waals surface area contributed by atoms with E-state index >= 15 is 0 Å². The van der Waals surface area contributed by atoms with Crippen molar-refractivity contribution in [3.05, 3.63) is 46.2 Å². The molecule has 94 valence electrons. The third-order valence-electron chi connectivity index (χ3n) is 2.55. The maximum absolute atomic E-state index is 10.7. The third kappa shape index (κ3) is 2.45. The number of anilines is 1. The summed E-state index contributed by atoms with van der Waals surface area (Å²) in [6.07, 6.45) is 3.41. The van der Waals surface area contributed by atoms with Crippen molar-refractivity contribution in [1.29, 1.82) is 0 Å². The molecule has 0 bridgehead atoms. The molecule has 7 heteroatoms. The fourth-order valence-corrected chi connectivity index (χ4v) is 1.63. The monoisotopic (exact) mass is 247 g/mol. The van der Waals surface area contributed by atoms with Crippen LogP contribution < -0.4 is 5.32 Å². The molecule has 2 rings (SSSR count). The molecule has 0 fully saturated rings. The molecule has 0 amide bonds. The van der Waals surface area contributed by atoms with E-state index in [1.54, 1.807) is 25.4 Å². The number of aromatic nitrogens is 3. The summed E-state index contributed by atoms with van der Waals surface area (Å²) in [4.78, 5) is 21.5. The summed E-state index contributed by atoms with van der Waals surface area (Å²) in [5.41, 5.74) is 0.405. The number of pyridine rings is 1. The highest BCUT2D eigenvalue weighted by molar-refractivity contribution is 5.45. The first-order valence-corrected chi connectivity index (χ1v) is 5.46. The van der Waals surface area contributed by atoms with E-state index in [0.29, 0.717) is 11.5 Å². The molecule has 7 nitrogen and oxygen atoms in total. The van der Waals surface area contributed by atoms with E-state index < -0.39 is 4.92 Å². The Kier molecular flexibility index (Phi) is 3.22. The van der Waals surface area contributed by atoms with Crippen LogP contribution in [0.2, 0.25) is 0 Å². The first-order valence-electron chi connectivity index (χ1n) is 5.46. The van der Waals surface area contributed by atoms with Crippen LogP contribution in [0.4, 0.5) is 11.5 Å². The first-order chi connectivity index (χ1) is 8.58. The Balaban J connectivity index is 2.15. The largest absolute Gasteiger partial charge is 0.360 e. The van der Waals surface area contributed by atoms with Gasteiger partial charge in [0, 0.05) is 18.5 Å². The molecule has 0 aromatic carbocycles. The molecule has 0 saturated carbocycles. The zero-order chi connectivity index (χ0) is 13.1. The van der Waals surface area contributed by atoms with Gasteiger partial charge in [0.1, 0.15) is 17.3 Å². The maximum atomic E-state index is 10.7. The Hall–Kier alpha value is -2.44. The van der Waals surface area contributed by atoms with Crippen molar-refractivity contribution >= 4 is 11.5 Å². The molecule has 0 aliphatic carbocycles. The number of nitrogens with zero attached hydrogens (tertiary/aromatic N) is 3.